The molecule has 0 aliphatic heterocycles. The summed E-state index contributed by atoms with van der Waals surface area (Å²) in [6, 6.07) is 28.3. The minimum absolute atomic E-state index is 0.169. The van der Waals surface area contributed by atoms with Gasteiger partial charge in [0.15, 0.2) is 11.5 Å². The monoisotopic (exact) mass is 570 g/mol. The largest absolute Gasteiger partial charge is 0.497 e. The molecule has 9 heteroatoms. The molecule has 0 fully saturated rings. The van der Waals surface area contributed by atoms with E-state index in [4.69, 9.17) is 9.72 Å². The zero-order chi connectivity index (χ0) is 26.7. The second-order valence-corrected chi connectivity index (χ2v) is 9.89. The second-order valence-electron chi connectivity index (χ2n) is 9.08. The molecule has 0 aliphatic rings. The number of carbonyl (C=O) groups is 1. The van der Waals surface area contributed by atoms with Gasteiger partial charge in [-0.05, 0) is 44.8 Å². The van der Waals surface area contributed by atoms with E-state index in [2.05, 4.69) is 60.9 Å². The number of hydrogen-bond acceptors (Lipinski definition) is 6. The van der Waals surface area contributed by atoms with Gasteiger partial charge in [0.1, 0.15) is 15.9 Å². The highest BCUT2D eigenvalue weighted by Gasteiger charge is 2.38. The molecular weight excluding hydrogens is 544 g/mol. The quantitative estimate of drug-likeness (QED) is 0.226. The van der Waals surface area contributed by atoms with E-state index in [1.54, 1.807) is 17.8 Å². The highest BCUT2D eigenvalue weighted by Crippen LogP contribution is 2.41. The highest BCUT2D eigenvalue weighted by molar-refractivity contribution is 9.10. The normalized spacial score (nSPS) is 11.5. The fourth-order valence-corrected chi connectivity index (χ4v) is 4.71. The standard InChI is InChI=1S/C29H27BrN6O2/c1-19(2)27(37)33-28-32-25(26-31-18-24(30)36(26)35-28)34-29(20-10-6-4-7-11-20,21-12-8-5-9-13-21)22-14-16-23(38-3)17-15-22/h4-19H,1-3H3,(H2,32,33,34,35,37). The lowest BCUT2D eigenvalue weighted by molar-refractivity contribution is -0.118. The minimum Gasteiger partial charge on any atom is -0.497 e. The molecule has 5 rings (SSSR count). The zero-order valence-electron chi connectivity index (χ0n) is 21.2. The lowest BCUT2D eigenvalue weighted by Gasteiger charge is -2.37. The minimum atomic E-state index is -0.874. The van der Waals surface area contributed by atoms with E-state index in [1.807, 2.05) is 74.5 Å². The summed E-state index contributed by atoms with van der Waals surface area (Å²) >= 11 is 3.52. The summed E-state index contributed by atoms with van der Waals surface area (Å²) in [6.07, 6.45) is 1.66. The topological polar surface area (TPSA) is 93.4 Å². The number of benzene rings is 3. The van der Waals surface area contributed by atoms with Gasteiger partial charge < -0.3 is 10.1 Å². The molecule has 0 radical (unpaired) electrons. The Morgan fingerprint density at radius 1 is 0.921 bits per heavy atom. The molecule has 8 nitrogen and oxygen atoms in total. The third-order valence-electron chi connectivity index (χ3n) is 6.32. The lowest BCUT2D eigenvalue weighted by Crippen LogP contribution is -2.38. The van der Waals surface area contributed by atoms with Gasteiger partial charge in [0.25, 0.3) is 0 Å². The Morgan fingerprint density at radius 2 is 1.50 bits per heavy atom. The number of imidazole rings is 1. The van der Waals surface area contributed by atoms with Crippen LogP contribution >= 0.6 is 15.9 Å². The molecule has 0 saturated carbocycles. The molecule has 0 spiro atoms. The summed E-state index contributed by atoms with van der Waals surface area (Å²) in [5, 5.41) is 11.1. The Bertz CT molecular complexity index is 1510. The number of nitrogens with zero attached hydrogens (tertiary/aromatic N) is 4. The van der Waals surface area contributed by atoms with Gasteiger partial charge in [-0.1, -0.05) is 86.6 Å². The number of nitrogens with one attached hydrogen (secondary N) is 2. The van der Waals surface area contributed by atoms with E-state index < -0.39 is 5.54 Å². The molecule has 0 unspecified atom stereocenters. The first-order valence-electron chi connectivity index (χ1n) is 12.2. The van der Waals surface area contributed by atoms with Crippen molar-refractivity contribution in [1.82, 2.24) is 19.6 Å². The Kier molecular flexibility index (Phi) is 7.11. The summed E-state index contributed by atoms with van der Waals surface area (Å²) in [6.45, 7) is 3.64. The predicted octanol–water partition coefficient (Wildman–Crippen LogP) is 5.89. The van der Waals surface area contributed by atoms with Crippen LogP contribution in [0.25, 0.3) is 5.65 Å². The number of methoxy groups -OCH3 is 1. The fraction of sp³-hybridized carbons (Fsp3) is 0.172. The van der Waals surface area contributed by atoms with E-state index in [9.17, 15) is 4.79 Å². The summed E-state index contributed by atoms with van der Waals surface area (Å²) in [5.74, 6) is 0.961. The van der Waals surface area contributed by atoms with Crippen molar-refractivity contribution in [3.8, 4) is 5.75 Å². The van der Waals surface area contributed by atoms with Crippen molar-refractivity contribution >= 4 is 39.3 Å². The van der Waals surface area contributed by atoms with Crippen molar-refractivity contribution in [3.63, 3.8) is 0 Å². The first-order chi connectivity index (χ1) is 18.4. The fourth-order valence-electron chi connectivity index (χ4n) is 4.36. The van der Waals surface area contributed by atoms with Crippen LogP contribution in [0.4, 0.5) is 11.8 Å². The molecule has 5 aromatic rings. The number of rotatable bonds is 8. The number of ether oxygens (including phenoxy) is 1. The smallest absolute Gasteiger partial charge is 0.249 e. The van der Waals surface area contributed by atoms with Gasteiger partial charge >= 0.3 is 0 Å². The van der Waals surface area contributed by atoms with Crippen LogP contribution in [-0.4, -0.2) is 32.6 Å². The molecule has 0 bridgehead atoms. The summed E-state index contributed by atoms with van der Waals surface area (Å²) in [7, 11) is 1.65. The van der Waals surface area contributed by atoms with Crippen LogP contribution in [0.2, 0.25) is 0 Å². The molecule has 0 aliphatic carbocycles. The van der Waals surface area contributed by atoms with Crippen molar-refractivity contribution in [1.29, 1.82) is 0 Å². The van der Waals surface area contributed by atoms with Crippen molar-refractivity contribution in [2.45, 2.75) is 19.4 Å². The summed E-state index contributed by atoms with van der Waals surface area (Å²) in [4.78, 5) is 21.8. The summed E-state index contributed by atoms with van der Waals surface area (Å²) in [5.41, 5.74) is 2.58. The maximum Gasteiger partial charge on any atom is 0.249 e. The third-order valence-corrected chi connectivity index (χ3v) is 6.86. The van der Waals surface area contributed by atoms with Crippen LogP contribution in [0.5, 0.6) is 5.75 Å². The molecule has 0 saturated heterocycles. The van der Waals surface area contributed by atoms with Crippen molar-refractivity contribution in [3.05, 3.63) is 112 Å². The van der Waals surface area contributed by atoms with Gasteiger partial charge in [0, 0.05) is 5.92 Å². The van der Waals surface area contributed by atoms with Crippen molar-refractivity contribution in [2.75, 3.05) is 17.7 Å². The van der Waals surface area contributed by atoms with E-state index in [1.165, 1.54) is 0 Å². The van der Waals surface area contributed by atoms with Gasteiger partial charge in [-0.25, -0.2) is 4.98 Å². The van der Waals surface area contributed by atoms with E-state index in [0.29, 0.717) is 16.1 Å². The molecular formula is C29H27BrN6O2. The molecule has 0 atom stereocenters. The predicted molar refractivity (Wildman–Crippen MR) is 151 cm³/mol. The van der Waals surface area contributed by atoms with E-state index >= 15 is 0 Å². The Morgan fingerprint density at radius 3 is 2.05 bits per heavy atom. The number of amides is 1. The van der Waals surface area contributed by atoms with Gasteiger partial charge in [0.2, 0.25) is 11.9 Å². The maximum absolute atomic E-state index is 12.5. The molecule has 2 heterocycles. The average molecular weight is 571 g/mol. The SMILES string of the molecule is COc1ccc(C(Nc2nc(NC(=O)C(C)C)nn3c(Br)cnc23)(c2ccccc2)c2ccccc2)cc1. The van der Waals surface area contributed by atoms with Crippen molar-refractivity contribution in [2.24, 2.45) is 5.92 Å². The van der Waals surface area contributed by atoms with E-state index in [-0.39, 0.29) is 17.8 Å². The first-order valence-corrected chi connectivity index (χ1v) is 13.0. The number of carbonyl (C=O) groups excluding carboxylic acids is 1. The number of halogens is 1. The Labute approximate surface area is 229 Å². The number of anilines is 2. The van der Waals surface area contributed by atoms with Crippen LogP contribution in [0, 0.1) is 5.92 Å². The summed E-state index contributed by atoms with van der Waals surface area (Å²) < 4.78 is 7.69. The molecule has 3 aromatic carbocycles. The van der Waals surface area contributed by atoms with Gasteiger partial charge in [-0.15, -0.1) is 5.10 Å². The number of aromatic nitrogens is 4. The van der Waals surface area contributed by atoms with E-state index in [0.717, 1.165) is 22.4 Å². The Balaban J connectivity index is 1.78. The number of fused-ring (bicyclic) bond motifs is 1. The van der Waals surface area contributed by atoms with Gasteiger partial charge in [-0.2, -0.15) is 9.50 Å². The molecule has 192 valence electrons. The van der Waals surface area contributed by atoms with Crippen LogP contribution in [0.3, 0.4) is 0 Å². The Hall–Kier alpha value is -4.24. The van der Waals surface area contributed by atoms with Gasteiger partial charge in [-0.3, -0.25) is 10.1 Å². The lowest BCUT2D eigenvalue weighted by atomic mass is 9.77. The first kappa shape index (κ1) is 25.4. The molecule has 38 heavy (non-hydrogen) atoms. The number of hydrogen-bond donors (Lipinski definition) is 2. The van der Waals surface area contributed by atoms with Crippen LogP contribution < -0.4 is 15.4 Å². The zero-order valence-corrected chi connectivity index (χ0v) is 22.8. The second kappa shape index (κ2) is 10.6. The van der Waals surface area contributed by atoms with Crippen LogP contribution in [-0.2, 0) is 10.3 Å². The van der Waals surface area contributed by atoms with Crippen LogP contribution in [0.1, 0.15) is 30.5 Å². The van der Waals surface area contributed by atoms with Gasteiger partial charge in [0.05, 0.1) is 13.3 Å². The van der Waals surface area contributed by atoms with Crippen molar-refractivity contribution < 1.29 is 9.53 Å². The molecule has 2 aromatic heterocycles. The van der Waals surface area contributed by atoms with Crippen LogP contribution in [0.15, 0.2) is 95.7 Å². The maximum atomic E-state index is 12.5. The molecule has 2 N–H and O–H groups in total. The third kappa shape index (κ3) is 4.72. The highest BCUT2D eigenvalue weighted by atomic mass is 79.9. The average Bonchev–Trinajstić information content (AvgIpc) is 3.33. The molecule has 1 amide bonds.